The second-order valence-electron chi connectivity index (χ2n) is 11.9. The maximum absolute atomic E-state index is 14.5. The molecule has 2 aromatic rings. The Morgan fingerprint density at radius 1 is 1.24 bits per heavy atom. The van der Waals surface area contributed by atoms with Crippen LogP contribution in [0.3, 0.4) is 0 Å². The first-order chi connectivity index (χ1) is 19.7. The van der Waals surface area contributed by atoms with Crippen molar-refractivity contribution in [2.24, 2.45) is 17.6 Å². The normalized spacial score (nSPS) is 26.6. The van der Waals surface area contributed by atoms with Crippen LogP contribution in [-0.4, -0.2) is 55.7 Å². The fraction of sp³-hybridized carbons (Fsp3) is 0.485. The molecule has 3 N–H and O–H groups in total. The number of allylic oxidation sites excluding steroid dienone is 1. The monoisotopic (exact) mass is 578 g/mol. The summed E-state index contributed by atoms with van der Waals surface area (Å²) < 4.78 is 35.5. The van der Waals surface area contributed by atoms with Crippen LogP contribution in [0.25, 0.3) is 0 Å². The van der Waals surface area contributed by atoms with Crippen LogP contribution in [0, 0.1) is 11.8 Å². The van der Waals surface area contributed by atoms with Crippen molar-refractivity contribution in [2.45, 2.75) is 67.5 Å². The number of aliphatic hydroxyl groups is 1. The standard InChI is InChI=1S/C33H42N2O5S/c1-4-7-11-25(5-2)41(38,39)31-18-22-10-8-9-12-27(22)33(31)20-35(19-24-13-15-26(24)29(36)6-3)28-17-23(32(34)37)14-16-30(28)40-21-33/h4,6,8-10,12,14,16-17,24-26,29,31,36H,1,3,5,7,11,13,15,18-21H2,2H3,(H2,34,37)/t24-,25-,26+,29-,31?,33?/m0/s1. The van der Waals surface area contributed by atoms with Crippen molar-refractivity contribution in [3.05, 3.63) is 84.5 Å². The molecule has 6 atom stereocenters. The number of anilines is 1. The molecule has 2 aliphatic carbocycles. The minimum atomic E-state index is -3.58. The summed E-state index contributed by atoms with van der Waals surface area (Å²) in [6.45, 7) is 10.8. The van der Waals surface area contributed by atoms with E-state index in [9.17, 15) is 18.3 Å². The lowest BCUT2D eigenvalue weighted by Gasteiger charge is -2.44. The summed E-state index contributed by atoms with van der Waals surface area (Å²) in [5.41, 5.74) is 8.00. The average Bonchev–Trinajstić information content (AvgIpc) is 3.18. The first-order valence-electron chi connectivity index (χ1n) is 14.7. The summed E-state index contributed by atoms with van der Waals surface area (Å²) in [6, 6.07) is 13.2. The highest BCUT2D eigenvalue weighted by Crippen LogP contribution is 2.50. The second-order valence-corrected chi connectivity index (χ2v) is 14.3. The molecule has 0 saturated heterocycles. The third-order valence-electron chi connectivity index (χ3n) is 9.74. The Hall–Kier alpha value is -3.10. The molecular weight excluding hydrogens is 536 g/mol. The van der Waals surface area contributed by atoms with E-state index in [4.69, 9.17) is 10.5 Å². The van der Waals surface area contributed by atoms with Gasteiger partial charge in [0.05, 0.1) is 27.7 Å². The number of rotatable bonds is 11. The Labute approximate surface area is 244 Å². The van der Waals surface area contributed by atoms with Crippen molar-refractivity contribution < 1.29 is 23.1 Å². The maximum atomic E-state index is 14.5. The van der Waals surface area contributed by atoms with Gasteiger partial charge in [-0.25, -0.2) is 8.42 Å². The largest absolute Gasteiger partial charge is 0.490 e. The Bertz CT molecular complexity index is 1420. The summed E-state index contributed by atoms with van der Waals surface area (Å²) in [7, 11) is -3.58. The van der Waals surface area contributed by atoms with Crippen molar-refractivity contribution in [3.63, 3.8) is 0 Å². The summed E-state index contributed by atoms with van der Waals surface area (Å²) >= 11 is 0. The van der Waals surface area contributed by atoms with E-state index in [0.717, 1.165) is 29.7 Å². The van der Waals surface area contributed by atoms with Crippen LogP contribution in [-0.2, 0) is 21.7 Å². The van der Waals surface area contributed by atoms with E-state index in [0.29, 0.717) is 50.1 Å². The minimum absolute atomic E-state index is 0.0779. The van der Waals surface area contributed by atoms with E-state index in [1.54, 1.807) is 30.4 Å². The zero-order valence-electron chi connectivity index (χ0n) is 23.9. The van der Waals surface area contributed by atoms with Gasteiger partial charge in [0.2, 0.25) is 5.91 Å². The maximum Gasteiger partial charge on any atom is 0.248 e. The van der Waals surface area contributed by atoms with Crippen molar-refractivity contribution >= 4 is 21.4 Å². The minimum Gasteiger partial charge on any atom is -0.490 e. The number of sulfone groups is 1. The SMILES string of the molecule is C=CCC[C@H](CC)S(=O)(=O)C1Cc2ccccc2C12COc1ccc(C(N)=O)cc1N(C[C@@H]1CC[C@H]1[C@@H](O)C=C)C2. The van der Waals surface area contributed by atoms with Crippen LogP contribution in [0.2, 0.25) is 0 Å². The van der Waals surface area contributed by atoms with E-state index in [1.807, 2.05) is 25.1 Å². The molecule has 1 saturated carbocycles. The summed E-state index contributed by atoms with van der Waals surface area (Å²) in [6.07, 6.45) is 6.79. The predicted octanol–water partition coefficient (Wildman–Crippen LogP) is 4.58. The molecule has 1 heterocycles. The van der Waals surface area contributed by atoms with E-state index in [-0.39, 0.29) is 18.4 Å². The molecule has 8 heteroatoms. The molecule has 5 rings (SSSR count). The number of aliphatic hydroxyl groups excluding tert-OH is 1. The first-order valence-corrected chi connectivity index (χ1v) is 16.3. The Kier molecular flexibility index (Phi) is 8.35. The van der Waals surface area contributed by atoms with Gasteiger partial charge in [0.15, 0.2) is 9.84 Å². The quantitative estimate of drug-likeness (QED) is 0.378. The molecule has 1 fully saturated rings. The molecule has 3 aliphatic rings. The van der Waals surface area contributed by atoms with Crippen LogP contribution < -0.4 is 15.4 Å². The molecule has 0 bridgehead atoms. The molecule has 2 aromatic carbocycles. The van der Waals surface area contributed by atoms with Gasteiger partial charge in [0.1, 0.15) is 12.4 Å². The van der Waals surface area contributed by atoms with Gasteiger partial charge in [-0.3, -0.25) is 4.79 Å². The third-order valence-corrected chi connectivity index (χ3v) is 12.6. The number of carbonyl (C=O) groups is 1. The molecule has 0 aromatic heterocycles. The Morgan fingerprint density at radius 2 is 2.02 bits per heavy atom. The van der Waals surface area contributed by atoms with Crippen molar-refractivity contribution in [1.29, 1.82) is 0 Å². The fourth-order valence-electron chi connectivity index (χ4n) is 7.29. The highest BCUT2D eigenvalue weighted by atomic mass is 32.2. The number of hydrogen-bond acceptors (Lipinski definition) is 6. The molecule has 1 aliphatic heterocycles. The number of amides is 1. The van der Waals surface area contributed by atoms with Crippen LogP contribution >= 0.6 is 0 Å². The van der Waals surface area contributed by atoms with E-state index < -0.39 is 37.8 Å². The van der Waals surface area contributed by atoms with Crippen molar-refractivity contribution in [1.82, 2.24) is 0 Å². The lowest BCUT2D eigenvalue weighted by molar-refractivity contribution is 0.0461. The molecule has 41 heavy (non-hydrogen) atoms. The molecule has 2 unspecified atom stereocenters. The van der Waals surface area contributed by atoms with Crippen molar-refractivity contribution in [3.8, 4) is 5.75 Å². The smallest absolute Gasteiger partial charge is 0.248 e. The Balaban J connectivity index is 1.62. The number of hydrogen-bond donors (Lipinski definition) is 2. The highest BCUT2D eigenvalue weighted by molar-refractivity contribution is 7.92. The van der Waals surface area contributed by atoms with Gasteiger partial charge in [0.25, 0.3) is 0 Å². The van der Waals surface area contributed by atoms with Gasteiger partial charge in [-0.1, -0.05) is 43.3 Å². The van der Waals surface area contributed by atoms with Gasteiger partial charge in [0, 0.05) is 18.7 Å². The number of carbonyl (C=O) groups excluding carboxylic acids is 1. The van der Waals surface area contributed by atoms with Gasteiger partial charge in [-0.05, 0) is 79.7 Å². The summed E-state index contributed by atoms with van der Waals surface area (Å²) in [4.78, 5) is 14.4. The van der Waals surface area contributed by atoms with Gasteiger partial charge < -0.3 is 20.5 Å². The number of primary amides is 1. The lowest BCUT2D eigenvalue weighted by Crippen LogP contribution is -2.55. The van der Waals surface area contributed by atoms with Gasteiger partial charge in [-0.15, -0.1) is 13.2 Å². The average molecular weight is 579 g/mol. The number of benzene rings is 2. The zero-order valence-corrected chi connectivity index (χ0v) is 24.7. The number of nitrogens with zero attached hydrogens (tertiary/aromatic N) is 1. The Morgan fingerprint density at radius 3 is 2.68 bits per heavy atom. The lowest BCUT2D eigenvalue weighted by atomic mass is 9.70. The zero-order chi connectivity index (χ0) is 29.4. The summed E-state index contributed by atoms with van der Waals surface area (Å²) in [5, 5.41) is 9.44. The van der Waals surface area contributed by atoms with Crippen LogP contribution in [0.1, 0.15) is 60.5 Å². The van der Waals surface area contributed by atoms with E-state index in [1.165, 1.54) is 0 Å². The second kappa shape index (κ2) is 11.6. The molecule has 1 amide bonds. The number of nitrogens with two attached hydrogens (primary N) is 1. The van der Waals surface area contributed by atoms with E-state index in [2.05, 4.69) is 24.1 Å². The topological polar surface area (TPSA) is 110 Å². The van der Waals surface area contributed by atoms with Gasteiger partial charge in [-0.2, -0.15) is 0 Å². The fourth-order valence-corrected chi connectivity index (χ4v) is 9.99. The van der Waals surface area contributed by atoms with Crippen molar-refractivity contribution in [2.75, 3.05) is 24.6 Å². The third kappa shape index (κ3) is 5.21. The van der Waals surface area contributed by atoms with Crippen LogP contribution in [0.4, 0.5) is 5.69 Å². The van der Waals surface area contributed by atoms with Crippen LogP contribution in [0.15, 0.2) is 67.8 Å². The highest BCUT2D eigenvalue weighted by Gasteiger charge is 2.56. The molecular formula is C33H42N2O5S. The number of ether oxygens (including phenoxy) is 1. The molecule has 0 radical (unpaired) electrons. The first kappa shape index (κ1) is 29.4. The molecule has 7 nitrogen and oxygen atoms in total. The number of fused-ring (bicyclic) bond motifs is 3. The predicted molar refractivity (Wildman–Crippen MR) is 163 cm³/mol. The van der Waals surface area contributed by atoms with Gasteiger partial charge >= 0.3 is 0 Å². The molecule has 220 valence electrons. The summed E-state index contributed by atoms with van der Waals surface area (Å²) in [5.74, 6) is 0.335. The molecule has 1 spiro atoms. The van der Waals surface area contributed by atoms with E-state index >= 15 is 0 Å². The van der Waals surface area contributed by atoms with Crippen LogP contribution in [0.5, 0.6) is 5.75 Å².